The number of nitrogen functional groups attached to an aromatic ring is 1. The summed E-state index contributed by atoms with van der Waals surface area (Å²) in [6.07, 6.45) is 5.07. The molecule has 2 aromatic carbocycles. The molecule has 1 saturated carbocycles. The summed E-state index contributed by atoms with van der Waals surface area (Å²) in [5.74, 6) is 0.686. The Bertz CT molecular complexity index is 659. The number of hydrogen-bond donors (Lipinski definition) is 1. The Morgan fingerprint density at radius 3 is 2.48 bits per heavy atom. The SMILES string of the molecule is CN(CC1CCCC1)C(=O)c1cc2ccccc2cc1N. The molecule has 3 rings (SSSR count). The van der Waals surface area contributed by atoms with E-state index in [4.69, 9.17) is 5.73 Å². The van der Waals surface area contributed by atoms with Gasteiger partial charge in [-0.2, -0.15) is 0 Å². The van der Waals surface area contributed by atoms with Crippen LogP contribution in [0.25, 0.3) is 10.8 Å². The van der Waals surface area contributed by atoms with E-state index in [-0.39, 0.29) is 5.91 Å². The highest BCUT2D eigenvalue weighted by atomic mass is 16.2. The van der Waals surface area contributed by atoms with Crippen LogP contribution in [0.2, 0.25) is 0 Å². The number of nitrogens with two attached hydrogens (primary N) is 1. The van der Waals surface area contributed by atoms with Crippen molar-refractivity contribution in [3.8, 4) is 0 Å². The van der Waals surface area contributed by atoms with Crippen LogP contribution >= 0.6 is 0 Å². The molecule has 1 aliphatic rings. The van der Waals surface area contributed by atoms with Crippen molar-refractivity contribution < 1.29 is 4.79 Å². The molecule has 2 aromatic rings. The Labute approximate surface area is 125 Å². The first-order chi connectivity index (χ1) is 10.1. The van der Waals surface area contributed by atoms with E-state index in [1.807, 2.05) is 48.3 Å². The fourth-order valence-corrected chi connectivity index (χ4v) is 3.31. The second-order valence-corrected chi connectivity index (χ2v) is 6.12. The largest absolute Gasteiger partial charge is 0.398 e. The Morgan fingerprint density at radius 1 is 1.19 bits per heavy atom. The topological polar surface area (TPSA) is 46.3 Å². The number of carbonyl (C=O) groups is 1. The van der Waals surface area contributed by atoms with Gasteiger partial charge in [0.25, 0.3) is 5.91 Å². The normalized spacial score (nSPS) is 15.5. The van der Waals surface area contributed by atoms with Crippen LogP contribution in [-0.2, 0) is 0 Å². The number of amides is 1. The third-order valence-electron chi connectivity index (χ3n) is 4.50. The molecule has 0 heterocycles. The zero-order valence-corrected chi connectivity index (χ0v) is 12.5. The lowest BCUT2D eigenvalue weighted by atomic mass is 10.0. The zero-order valence-electron chi connectivity index (χ0n) is 12.5. The highest BCUT2D eigenvalue weighted by molar-refractivity contribution is 6.03. The van der Waals surface area contributed by atoms with Gasteiger partial charge in [0.2, 0.25) is 0 Å². The average molecular weight is 282 g/mol. The maximum atomic E-state index is 12.6. The van der Waals surface area contributed by atoms with Crippen molar-refractivity contribution in [1.29, 1.82) is 0 Å². The molecule has 3 nitrogen and oxygen atoms in total. The maximum Gasteiger partial charge on any atom is 0.255 e. The summed E-state index contributed by atoms with van der Waals surface area (Å²) in [6, 6.07) is 11.8. The van der Waals surface area contributed by atoms with Crippen molar-refractivity contribution in [2.45, 2.75) is 25.7 Å². The third-order valence-corrected chi connectivity index (χ3v) is 4.50. The van der Waals surface area contributed by atoms with Gasteiger partial charge in [0.05, 0.1) is 5.56 Å². The zero-order chi connectivity index (χ0) is 14.8. The molecule has 0 saturated heterocycles. The van der Waals surface area contributed by atoms with Crippen LogP contribution in [-0.4, -0.2) is 24.4 Å². The summed E-state index contributed by atoms with van der Waals surface area (Å²) in [5.41, 5.74) is 7.27. The van der Waals surface area contributed by atoms with Gasteiger partial charge < -0.3 is 10.6 Å². The van der Waals surface area contributed by atoms with Crippen molar-refractivity contribution in [3.63, 3.8) is 0 Å². The number of benzene rings is 2. The summed E-state index contributed by atoms with van der Waals surface area (Å²) >= 11 is 0. The van der Waals surface area contributed by atoms with Gasteiger partial charge in [-0.3, -0.25) is 4.79 Å². The van der Waals surface area contributed by atoms with E-state index in [1.54, 1.807) is 0 Å². The number of fused-ring (bicyclic) bond motifs is 1. The second kappa shape index (κ2) is 5.76. The quantitative estimate of drug-likeness (QED) is 0.873. The van der Waals surface area contributed by atoms with Gasteiger partial charge >= 0.3 is 0 Å². The molecule has 21 heavy (non-hydrogen) atoms. The van der Waals surface area contributed by atoms with Crippen LogP contribution < -0.4 is 5.73 Å². The van der Waals surface area contributed by atoms with E-state index in [2.05, 4.69) is 0 Å². The van der Waals surface area contributed by atoms with Gasteiger partial charge in [0, 0.05) is 19.3 Å². The van der Waals surface area contributed by atoms with E-state index in [0.717, 1.165) is 17.3 Å². The molecule has 1 aliphatic carbocycles. The van der Waals surface area contributed by atoms with E-state index in [0.29, 0.717) is 17.2 Å². The first kappa shape index (κ1) is 13.9. The Kier molecular flexibility index (Phi) is 3.82. The van der Waals surface area contributed by atoms with Crippen molar-refractivity contribution in [3.05, 3.63) is 42.0 Å². The standard InChI is InChI=1S/C18H22N2O/c1-20(12-13-6-2-3-7-13)18(21)16-10-14-8-4-5-9-15(14)11-17(16)19/h4-5,8-11,13H,2-3,6-7,12,19H2,1H3. The van der Waals surface area contributed by atoms with Crippen molar-refractivity contribution >= 4 is 22.4 Å². The minimum Gasteiger partial charge on any atom is -0.398 e. The van der Waals surface area contributed by atoms with Gasteiger partial charge in [0.1, 0.15) is 0 Å². The summed E-state index contributed by atoms with van der Waals surface area (Å²) in [4.78, 5) is 14.5. The van der Waals surface area contributed by atoms with Gasteiger partial charge in [-0.15, -0.1) is 0 Å². The molecular weight excluding hydrogens is 260 g/mol. The fourth-order valence-electron chi connectivity index (χ4n) is 3.31. The summed E-state index contributed by atoms with van der Waals surface area (Å²) in [7, 11) is 1.88. The smallest absolute Gasteiger partial charge is 0.255 e. The van der Waals surface area contributed by atoms with Crippen molar-refractivity contribution in [1.82, 2.24) is 4.90 Å². The molecule has 1 amide bonds. The summed E-state index contributed by atoms with van der Waals surface area (Å²) < 4.78 is 0. The van der Waals surface area contributed by atoms with Crippen LogP contribution in [0.5, 0.6) is 0 Å². The van der Waals surface area contributed by atoms with Crippen LogP contribution in [0.4, 0.5) is 5.69 Å². The van der Waals surface area contributed by atoms with Crippen molar-refractivity contribution in [2.24, 2.45) is 5.92 Å². The minimum atomic E-state index is 0.0325. The number of anilines is 1. The van der Waals surface area contributed by atoms with Crippen LogP contribution in [0.15, 0.2) is 36.4 Å². The highest BCUT2D eigenvalue weighted by Crippen LogP contribution is 2.27. The number of rotatable bonds is 3. The predicted molar refractivity (Wildman–Crippen MR) is 87.3 cm³/mol. The van der Waals surface area contributed by atoms with Crippen LogP contribution in [0.1, 0.15) is 36.0 Å². The highest BCUT2D eigenvalue weighted by Gasteiger charge is 2.21. The molecule has 0 aromatic heterocycles. The molecule has 2 N–H and O–H groups in total. The third kappa shape index (κ3) is 2.87. The molecule has 110 valence electrons. The van der Waals surface area contributed by atoms with E-state index in [1.165, 1.54) is 25.7 Å². The summed E-state index contributed by atoms with van der Waals surface area (Å²) in [5, 5.41) is 2.13. The van der Waals surface area contributed by atoms with E-state index in [9.17, 15) is 4.79 Å². The molecule has 1 fully saturated rings. The lowest BCUT2D eigenvalue weighted by Gasteiger charge is -2.22. The lowest BCUT2D eigenvalue weighted by Crippen LogP contribution is -2.31. The van der Waals surface area contributed by atoms with Crippen LogP contribution in [0, 0.1) is 5.92 Å². The summed E-state index contributed by atoms with van der Waals surface area (Å²) in [6.45, 7) is 0.838. The molecule has 0 unspecified atom stereocenters. The van der Waals surface area contributed by atoms with Gasteiger partial charge in [-0.1, -0.05) is 37.1 Å². The maximum absolute atomic E-state index is 12.6. The molecular formula is C18H22N2O. The van der Waals surface area contributed by atoms with Gasteiger partial charge in [0.15, 0.2) is 0 Å². The first-order valence-electron chi connectivity index (χ1n) is 7.69. The molecule has 0 spiro atoms. The van der Waals surface area contributed by atoms with E-state index >= 15 is 0 Å². The molecule has 0 atom stereocenters. The Morgan fingerprint density at radius 2 is 1.81 bits per heavy atom. The fraction of sp³-hybridized carbons (Fsp3) is 0.389. The lowest BCUT2D eigenvalue weighted by molar-refractivity contribution is 0.0774. The molecule has 3 heteroatoms. The number of carbonyl (C=O) groups excluding carboxylic acids is 1. The van der Waals surface area contributed by atoms with E-state index < -0.39 is 0 Å². The first-order valence-corrected chi connectivity index (χ1v) is 7.69. The predicted octanol–water partition coefficient (Wildman–Crippen LogP) is 3.68. The molecule has 0 bridgehead atoms. The number of nitrogens with zero attached hydrogens (tertiary/aromatic N) is 1. The second-order valence-electron chi connectivity index (χ2n) is 6.12. The minimum absolute atomic E-state index is 0.0325. The van der Waals surface area contributed by atoms with Crippen LogP contribution in [0.3, 0.4) is 0 Å². The van der Waals surface area contributed by atoms with Crippen molar-refractivity contribution in [2.75, 3.05) is 19.3 Å². The Balaban J connectivity index is 1.84. The molecule has 0 aliphatic heterocycles. The monoisotopic (exact) mass is 282 g/mol. The average Bonchev–Trinajstić information content (AvgIpc) is 2.98. The van der Waals surface area contributed by atoms with Gasteiger partial charge in [-0.05, 0) is 41.7 Å². The molecule has 0 radical (unpaired) electrons. The number of hydrogen-bond acceptors (Lipinski definition) is 2. The Hall–Kier alpha value is -2.03. The van der Waals surface area contributed by atoms with Gasteiger partial charge in [-0.25, -0.2) is 0 Å².